The third-order valence-electron chi connectivity index (χ3n) is 3.13. The second-order valence-electron chi connectivity index (χ2n) is 4.61. The van der Waals surface area contributed by atoms with Gasteiger partial charge in [-0.25, -0.2) is 0 Å². The van der Waals surface area contributed by atoms with Crippen molar-refractivity contribution in [2.75, 3.05) is 27.2 Å². The summed E-state index contributed by atoms with van der Waals surface area (Å²) < 4.78 is 11.3. The van der Waals surface area contributed by atoms with Crippen molar-refractivity contribution in [2.45, 2.75) is 18.9 Å². The van der Waals surface area contributed by atoms with Crippen LogP contribution in [0.2, 0.25) is 0 Å². The number of methoxy groups -OCH3 is 1. The second kappa shape index (κ2) is 5.87. The third kappa shape index (κ3) is 2.82. The summed E-state index contributed by atoms with van der Waals surface area (Å²) in [5.41, 5.74) is 1.04. The van der Waals surface area contributed by atoms with Crippen molar-refractivity contribution < 1.29 is 14.3 Å². The molecule has 0 aliphatic carbocycles. The van der Waals surface area contributed by atoms with Crippen molar-refractivity contribution >= 4 is 6.29 Å². The summed E-state index contributed by atoms with van der Waals surface area (Å²) in [7, 11) is 3.70. The fraction of sp³-hybridized carbons (Fsp3) is 0.500. The van der Waals surface area contributed by atoms with Gasteiger partial charge in [0.1, 0.15) is 12.4 Å². The SMILES string of the molecule is COc1cccc(CCC=O)c1OC1CN(C)C1. The number of aldehydes is 1. The number of benzene rings is 1. The van der Waals surface area contributed by atoms with Gasteiger partial charge in [0.15, 0.2) is 11.5 Å². The van der Waals surface area contributed by atoms with Crippen LogP contribution < -0.4 is 9.47 Å². The van der Waals surface area contributed by atoms with Gasteiger partial charge in [-0.1, -0.05) is 12.1 Å². The van der Waals surface area contributed by atoms with E-state index in [1.807, 2.05) is 18.2 Å². The smallest absolute Gasteiger partial charge is 0.164 e. The van der Waals surface area contributed by atoms with E-state index in [0.717, 1.165) is 36.4 Å². The van der Waals surface area contributed by atoms with Crippen LogP contribution in [-0.2, 0) is 11.2 Å². The molecule has 1 saturated heterocycles. The Labute approximate surface area is 107 Å². The molecule has 0 radical (unpaired) electrons. The minimum atomic E-state index is 0.223. The summed E-state index contributed by atoms with van der Waals surface area (Å²) in [6.45, 7) is 1.87. The molecule has 0 atom stereocenters. The Bertz CT molecular complexity index is 414. The van der Waals surface area contributed by atoms with E-state index in [1.54, 1.807) is 7.11 Å². The molecular weight excluding hydrogens is 230 g/mol. The van der Waals surface area contributed by atoms with E-state index < -0.39 is 0 Å². The predicted molar refractivity (Wildman–Crippen MR) is 69.3 cm³/mol. The van der Waals surface area contributed by atoms with Crippen molar-refractivity contribution in [2.24, 2.45) is 0 Å². The Morgan fingerprint density at radius 2 is 2.22 bits per heavy atom. The summed E-state index contributed by atoms with van der Waals surface area (Å²) >= 11 is 0. The van der Waals surface area contributed by atoms with Crippen LogP contribution in [0.15, 0.2) is 18.2 Å². The zero-order valence-electron chi connectivity index (χ0n) is 10.9. The van der Waals surface area contributed by atoms with Crippen LogP contribution in [0.5, 0.6) is 11.5 Å². The van der Waals surface area contributed by atoms with Gasteiger partial charge in [-0.05, 0) is 25.1 Å². The highest BCUT2D eigenvalue weighted by molar-refractivity contribution is 5.53. The summed E-state index contributed by atoms with van der Waals surface area (Å²) in [5.74, 6) is 1.54. The molecule has 0 aromatic heterocycles. The van der Waals surface area contributed by atoms with E-state index in [2.05, 4.69) is 11.9 Å². The van der Waals surface area contributed by atoms with E-state index >= 15 is 0 Å². The molecule has 98 valence electrons. The lowest BCUT2D eigenvalue weighted by Crippen LogP contribution is -2.51. The van der Waals surface area contributed by atoms with E-state index in [-0.39, 0.29) is 6.10 Å². The van der Waals surface area contributed by atoms with Crippen LogP contribution in [0.3, 0.4) is 0 Å². The zero-order valence-corrected chi connectivity index (χ0v) is 10.9. The van der Waals surface area contributed by atoms with Crippen LogP contribution in [0.4, 0.5) is 0 Å². The molecule has 1 aromatic rings. The number of rotatable bonds is 6. The van der Waals surface area contributed by atoms with Crippen LogP contribution in [0.25, 0.3) is 0 Å². The predicted octanol–water partition coefficient (Wildman–Crippen LogP) is 1.52. The van der Waals surface area contributed by atoms with E-state index in [1.165, 1.54) is 0 Å². The van der Waals surface area contributed by atoms with Gasteiger partial charge in [0, 0.05) is 19.5 Å². The highest BCUT2D eigenvalue weighted by atomic mass is 16.5. The molecule has 0 N–H and O–H groups in total. The molecule has 0 spiro atoms. The normalized spacial score (nSPS) is 16.1. The first kappa shape index (κ1) is 12.9. The summed E-state index contributed by atoms with van der Waals surface area (Å²) in [6, 6.07) is 5.81. The molecule has 4 heteroatoms. The number of likely N-dealkylation sites (tertiary alicyclic amines) is 1. The Morgan fingerprint density at radius 3 is 2.83 bits per heavy atom. The van der Waals surface area contributed by atoms with E-state index in [4.69, 9.17) is 9.47 Å². The molecule has 1 fully saturated rings. The minimum Gasteiger partial charge on any atom is -0.493 e. The van der Waals surface area contributed by atoms with E-state index in [0.29, 0.717) is 12.8 Å². The average molecular weight is 249 g/mol. The molecular formula is C14H19NO3. The number of ether oxygens (including phenoxy) is 2. The van der Waals surface area contributed by atoms with Crippen molar-refractivity contribution in [3.8, 4) is 11.5 Å². The molecule has 1 aliphatic rings. The summed E-state index contributed by atoms with van der Waals surface area (Å²) in [6.07, 6.45) is 2.36. The highest BCUT2D eigenvalue weighted by Crippen LogP contribution is 2.33. The molecule has 4 nitrogen and oxygen atoms in total. The number of para-hydroxylation sites is 1. The maximum absolute atomic E-state index is 10.5. The van der Waals surface area contributed by atoms with Crippen molar-refractivity contribution in [1.82, 2.24) is 4.90 Å². The fourth-order valence-electron chi connectivity index (χ4n) is 2.15. The molecule has 0 saturated carbocycles. The highest BCUT2D eigenvalue weighted by Gasteiger charge is 2.26. The van der Waals surface area contributed by atoms with Gasteiger partial charge in [-0.3, -0.25) is 4.90 Å². The number of likely N-dealkylation sites (N-methyl/N-ethyl adjacent to an activating group) is 1. The van der Waals surface area contributed by atoms with Gasteiger partial charge < -0.3 is 14.3 Å². The molecule has 1 heterocycles. The number of carbonyl (C=O) groups excluding carboxylic acids is 1. The van der Waals surface area contributed by atoms with Crippen molar-refractivity contribution in [1.29, 1.82) is 0 Å². The third-order valence-corrected chi connectivity index (χ3v) is 3.13. The lowest BCUT2D eigenvalue weighted by molar-refractivity contribution is -0.107. The van der Waals surface area contributed by atoms with Gasteiger partial charge in [0.05, 0.1) is 7.11 Å². The first-order chi connectivity index (χ1) is 8.74. The van der Waals surface area contributed by atoms with Crippen LogP contribution in [0, 0.1) is 0 Å². The van der Waals surface area contributed by atoms with Gasteiger partial charge in [-0.2, -0.15) is 0 Å². The number of nitrogens with zero attached hydrogens (tertiary/aromatic N) is 1. The molecule has 0 bridgehead atoms. The maximum Gasteiger partial charge on any atom is 0.164 e. The largest absolute Gasteiger partial charge is 0.493 e. The van der Waals surface area contributed by atoms with Crippen molar-refractivity contribution in [3.63, 3.8) is 0 Å². The van der Waals surface area contributed by atoms with Crippen molar-refractivity contribution in [3.05, 3.63) is 23.8 Å². The minimum absolute atomic E-state index is 0.223. The second-order valence-corrected chi connectivity index (χ2v) is 4.61. The number of aryl methyl sites for hydroxylation is 1. The number of carbonyl (C=O) groups is 1. The number of hydrogen-bond donors (Lipinski definition) is 0. The standard InChI is InChI=1S/C14H19NO3/c1-15-9-12(10-15)18-14-11(6-4-8-16)5-3-7-13(14)17-2/h3,5,7-8,12H,4,6,9-10H2,1-2H3. The molecule has 18 heavy (non-hydrogen) atoms. The monoisotopic (exact) mass is 249 g/mol. The van der Waals surface area contributed by atoms with Gasteiger partial charge in [0.25, 0.3) is 0 Å². The molecule has 0 unspecified atom stereocenters. The van der Waals surface area contributed by atoms with Crippen LogP contribution in [-0.4, -0.2) is 44.5 Å². The fourth-order valence-corrected chi connectivity index (χ4v) is 2.15. The quantitative estimate of drug-likeness (QED) is 0.717. The molecule has 1 aliphatic heterocycles. The number of hydrogen-bond acceptors (Lipinski definition) is 4. The lowest BCUT2D eigenvalue weighted by Gasteiger charge is -2.36. The zero-order chi connectivity index (χ0) is 13.0. The average Bonchev–Trinajstić information content (AvgIpc) is 2.35. The first-order valence-electron chi connectivity index (χ1n) is 6.19. The lowest BCUT2D eigenvalue weighted by atomic mass is 10.1. The van der Waals surface area contributed by atoms with Gasteiger partial charge >= 0.3 is 0 Å². The Balaban J connectivity index is 2.14. The van der Waals surface area contributed by atoms with Gasteiger partial charge in [-0.15, -0.1) is 0 Å². The topological polar surface area (TPSA) is 38.8 Å². The first-order valence-corrected chi connectivity index (χ1v) is 6.19. The summed E-state index contributed by atoms with van der Waals surface area (Å²) in [5, 5.41) is 0. The molecule has 0 amide bonds. The molecule has 2 rings (SSSR count). The maximum atomic E-state index is 10.5. The van der Waals surface area contributed by atoms with E-state index in [9.17, 15) is 4.79 Å². The Morgan fingerprint density at radius 1 is 1.44 bits per heavy atom. The molecule has 1 aromatic carbocycles. The Hall–Kier alpha value is -1.55. The summed E-state index contributed by atoms with van der Waals surface area (Å²) in [4.78, 5) is 12.7. The van der Waals surface area contributed by atoms with Crippen LogP contribution >= 0.6 is 0 Å². The van der Waals surface area contributed by atoms with Crippen LogP contribution in [0.1, 0.15) is 12.0 Å². The van der Waals surface area contributed by atoms with Gasteiger partial charge in [0.2, 0.25) is 0 Å². The Kier molecular flexibility index (Phi) is 4.20.